The number of hydrogen-bond donors (Lipinski definition) is 0. The van der Waals surface area contributed by atoms with Crippen LogP contribution in [0.4, 0.5) is 8.78 Å². The Kier molecular flexibility index (Phi) is 3.32. The zero-order valence-corrected chi connectivity index (χ0v) is 8.05. The van der Waals surface area contributed by atoms with Gasteiger partial charge in [-0.2, -0.15) is 5.26 Å². The summed E-state index contributed by atoms with van der Waals surface area (Å²) < 4.78 is 24.9. The Balaban J connectivity index is 3.32. The first-order valence-corrected chi connectivity index (χ1v) is 4.53. The van der Waals surface area contributed by atoms with Gasteiger partial charge in [-0.25, -0.2) is 8.78 Å². The summed E-state index contributed by atoms with van der Waals surface area (Å²) in [6, 6.07) is 1.69. The van der Waals surface area contributed by atoms with E-state index in [1.807, 2.05) is 0 Å². The average molecular weight is 247 g/mol. The molecule has 0 aliphatic heterocycles. The van der Waals surface area contributed by atoms with E-state index in [-0.39, 0.29) is 16.5 Å². The minimum absolute atomic E-state index is 0.0630. The van der Waals surface area contributed by atoms with Crippen molar-refractivity contribution < 1.29 is 8.78 Å². The van der Waals surface area contributed by atoms with Crippen LogP contribution in [0.25, 0.3) is 0 Å². The summed E-state index contributed by atoms with van der Waals surface area (Å²) in [5.74, 6) is 0. The van der Waals surface area contributed by atoms with E-state index in [0.717, 1.165) is 6.20 Å². The SMILES string of the molecule is N#Cc1cncc(CBr)c1C(F)F. The van der Waals surface area contributed by atoms with E-state index in [9.17, 15) is 8.78 Å². The maximum Gasteiger partial charge on any atom is 0.265 e. The monoisotopic (exact) mass is 246 g/mol. The molecule has 68 valence electrons. The predicted molar refractivity (Wildman–Crippen MR) is 46.5 cm³/mol. The van der Waals surface area contributed by atoms with Gasteiger partial charge in [-0.1, -0.05) is 15.9 Å². The van der Waals surface area contributed by atoms with Gasteiger partial charge in [-0.15, -0.1) is 0 Å². The lowest BCUT2D eigenvalue weighted by Crippen LogP contribution is -1.97. The molecule has 2 nitrogen and oxygen atoms in total. The first-order chi connectivity index (χ1) is 6.20. The number of nitriles is 1. The van der Waals surface area contributed by atoms with Gasteiger partial charge in [-0.05, 0) is 5.56 Å². The molecule has 0 atom stereocenters. The Labute approximate surface area is 82.3 Å². The summed E-state index contributed by atoms with van der Waals surface area (Å²) in [7, 11) is 0. The van der Waals surface area contributed by atoms with Crippen molar-refractivity contribution in [1.29, 1.82) is 5.26 Å². The zero-order chi connectivity index (χ0) is 9.84. The highest BCUT2D eigenvalue weighted by Gasteiger charge is 2.17. The van der Waals surface area contributed by atoms with Gasteiger partial charge >= 0.3 is 0 Å². The maximum atomic E-state index is 12.5. The van der Waals surface area contributed by atoms with Crippen molar-refractivity contribution in [3.63, 3.8) is 0 Å². The molecule has 1 aromatic rings. The number of pyridine rings is 1. The fraction of sp³-hybridized carbons (Fsp3) is 0.250. The van der Waals surface area contributed by atoms with E-state index < -0.39 is 6.43 Å². The Bertz CT molecular complexity index is 346. The predicted octanol–water partition coefficient (Wildman–Crippen LogP) is 2.79. The molecule has 0 aromatic carbocycles. The lowest BCUT2D eigenvalue weighted by Gasteiger charge is -2.06. The highest BCUT2D eigenvalue weighted by Crippen LogP contribution is 2.26. The van der Waals surface area contributed by atoms with Crippen LogP contribution < -0.4 is 0 Å². The lowest BCUT2D eigenvalue weighted by atomic mass is 10.1. The molecule has 0 fully saturated rings. The van der Waals surface area contributed by atoms with Gasteiger partial charge in [0, 0.05) is 23.3 Å². The summed E-state index contributed by atoms with van der Waals surface area (Å²) in [4.78, 5) is 3.68. The number of aromatic nitrogens is 1. The molecule has 0 saturated heterocycles. The summed E-state index contributed by atoms with van der Waals surface area (Å²) >= 11 is 3.06. The summed E-state index contributed by atoms with van der Waals surface area (Å²) in [6.45, 7) is 0. The molecule has 0 aliphatic carbocycles. The van der Waals surface area contributed by atoms with Crippen molar-refractivity contribution in [3.05, 3.63) is 29.1 Å². The third-order valence-electron chi connectivity index (χ3n) is 1.55. The molecule has 1 aromatic heterocycles. The smallest absolute Gasteiger partial charge is 0.263 e. The fourth-order valence-corrected chi connectivity index (χ4v) is 1.41. The first kappa shape index (κ1) is 10.1. The largest absolute Gasteiger partial charge is 0.265 e. The second-order valence-electron chi connectivity index (χ2n) is 2.31. The molecule has 5 heteroatoms. The minimum atomic E-state index is -2.63. The van der Waals surface area contributed by atoms with E-state index >= 15 is 0 Å². The summed E-state index contributed by atoms with van der Waals surface area (Å²) in [5, 5.41) is 8.82. The average Bonchev–Trinajstić information content (AvgIpc) is 2.16. The molecule has 0 saturated carbocycles. The van der Waals surface area contributed by atoms with Crippen molar-refractivity contribution in [2.45, 2.75) is 11.8 Å². The molecule has 0 aliphatic rings. The van der Waals surface area contributed by atoms with E-state index in [1.54, 1.807) is 6.07 Å². The van der Waals surface area contributed by atoms with Crippen molar-refractivity contribution in [1.82, 2.24) is 4.98 Å². The van der Waals surface area contributed by atoms with Crippen molar-refractivity contribution in [2.75, 3.05) is 0 Å². The molecule has 1 rings (SSSR count). The van der Waals surface area contributed by atoms with Crippen molar-refractivity contribution >= 4 is 15.9 Å². The maximum absolute atomic E-state index is 12.5. The van der Waals surface area contributed by atoms with Crippen molar-refractivity contribution in [2.24, 2.45) is 0 Å². The lowest BCUT2D eigenvalue weighted by molar-refractivity contribution is 0.150. The molecule has 0 unspecified atom stereocenters. The van der Waals surface area contributed by atoms with Crippen LogP contribution in [0.3, 0.4) is 0 Å². The van der Waals surface area contributed by atoms with Gasteiger partial charge in [0.15, 0.2) is 0 Å². The molecule has 0 spiro atoms. The van der Waals surface area contributed by atoms with Crippen LogP contribution in [-0.2, 0) is 5.33 Å². The number of rotatable bonds is 2. The number of alkyl halides is 3. The van der Waals surface area contributed by atoms with E-state index in [2.05, 4.69) is 20.9 Å². The fourth-order valence-electron chi connectivity index (χ4n) is 0.967. The minimum Gasteiger partial charge on any atom is -0.263 e. The van der Waals surface area contributed by atoms with Gasteiger partial charge in [-0.3, -0.25) is 4.98 Å². The molecule has 0 radical (unpaired) electrons. The van der Waals surface area contributed by atoms with Gasteiger partial charge < -0.3 is 0 Å². The standard InChI is InChI=1S/C8H5BrF2N2/c9-1-5-3-13-4-6(2-12)7(5)8(10)11/h3-4,8H,1H2. The van der Waals surface area contributed by atoms with Gasteiger partial charge in [0.25, 0.3) is 6.43 Å². The molecule has 13 heavy (non-hydrogen) atoms. The quantitative estimate of drug-likeness (QED) is 0.753. The second kappa shape index (κ2) is 4.28. The number of nitrogens with zero attached hydrogens (tertiary/aromatic N) is 2. The normalized spacial score (nSPS) is 10.1. The topological polar surface area (TPSA) is 36.7 Å². The number of halogens is 3. The Morgan fingerprint density at radius 2 is 2.23 bits per heavy atom. The van der Waals surface area contributed by atoms with Crippen LogP contribution >= 0.6 is 15.9 Å². The van der Waals surface area contributed by atoms with Crippen LogP contribution in [-0.4, -0.2) is 4.98 Å². The van der Waals surface area contributed by atoms with Crippen LogP contribution in [0.2, 0.25) is 0 Å². The molecule has 0 N–H and O–H groups in total. The molecule has 0 bridgehead atoms. The van der Waals surface area contributed by atoms with Gasteiger partial charge in [0.1, 0.15) is 6.07 Å². The van der Waals surface area contributed by atoms with E-state index in [0.29, 0.717) is 5.56 Å². The summed E-state index contributed by atoms with van der Waals surface area (Å²) in [5.41, 5.74) is 0.0652. The Morgan fingerprint density at radius 1 is 1.54 bits per heavy atom. The second-order valence-corrected chi connectivity index (χ2v) is 2.87. The van der Waals surface area contributed by atoms with E-state index in [4.69, 9.17) is 5.26 Å². The Morgan fingerprint density at radius 3 is 2.69 bits per heavy atom. The third-order valence-corrected chi connectivity index (χ3v) is 2.16. The highest BCUT2D eigenvalue weighted by atomic mass is 79.9. The van der Waals surface area contributed by atoms with Gasteiger partial charge in [0.2, 0.25) is 0 Å². The van der Waals surface area contributed by atoms with Crippen LogP contribution in [0.15, 0.2) is 12.4 Å². The van der Waals surface area contributed by atoms with Crippen molar-refractivity contribution in [3.8, 4) is 6.07 Å². The third kappa shape index (κ3) is 2.01. The van der Waals surface area contributed by atoms with Crippen LogP contribution in [0.1, 0.15) is 23.1 Å². The van der Waals surface area contributed by atoms with Crippen LogP contribution in [0.5, 0.6) is 0 Å². The number of hydrogen-bond acceptors (Lipinski definition) is 2. The van der Waals surface area contributed by atoms with E-state index in [1.165, 1.54) is 6.20 Å². The molecule has 0 amide bonds. The molecular formula is C8H5BrF2N2. The van der Waals surface area contributed by atoms with Crippen LogP contribution in [0, 0.1) is 11.3 Å². The zero-order valence-electron chi connectivity index (χ0n) is 6.47. The Hall–Kier alpha value is -1.02. The first-order valence-electron chi connectivity index (χ1n) is 3.41. The molecule has 1 heterocycles. The highest BCUT2D eigenvalue weighted by molar-refractivity contribution is 9.08. The summed E-state index contributed by atoms with van der Waals surface area (Å²) in [6.07, 6.45) is -0.157. The van der Waals surface area contributed by atoms with Gasteiger partial charge in [0.05, 0.1) is 5.56 Å². The molecular weight excluding hydrogens is 242 g/mol.